The number of nitrogens with zero attached hydrogens (tertiary/aromatic N) is 3. The maximum Gasteiger partial charge on any atom is 0.337 e. The van der Waals surface area contributed by atoms with Gasteiger partial charge in [0.1, 0.15) is 5.82 Å². The lowest BCUT2D eigenvalue weighted by molar-refractivity contribution is 0.0601. The number of carbonyl (C=O) groups is 1. The molecule has 2 aromatic rings. The van der Waals surface area contributed by atoms with Crippen LogP contribution < -0.4 is 0 Å². The normalized spacial score (nSPS) is 15.5. The van der Waals surface area contributed by atoms with Crippen LogP contribution in [0.25, 0.3) is 11.0 Å². The summed E-state index contributed by atoms with van der Waals surface area (Å²) >= 11 is 0. The van der Waals surface area contributed by atoms with E-state index in [1.54, 1.807) is 6.07 Å². The number of methoxy groups -OCH3 is 1. The second-order valence-corrected chi connectivity index (χ2v) is 4.74. The molecular weight excluding hydrogens is 242 g/mol. The Hall–Kier alpha value is -1.88. The Balaban J connectivity index is 2.05. The highest BCUT2D eigenvalue weighted by Crippen LogP contribution is 2.22. The Morgan fingerprint density at radius 2 is 2.26 bits per heavy atom. The molecule has 1 aliphatic heterocycles. The van der Waals surface area contributed by atoms with Crippen molar-refractivity contribution in [2.75, 3.05) is 20.2 Å². The van der Waals surface area contributed by atoms with Crippen LogP contribution >= 0.6 is 0 Å². The van der Waals surface area contributed by atoms with Gasteiger partial charge in [0.25, 0.3) is 0 Å². The average molecular weight is 259 g/mol. The summed E-state index contributed by atoms with van der Waals surface area (Å²) in [4.78, 5) is 18.5. The highest BCUT2D eigenvalue weighted by atomic mass is 16.5. The topological polar surface area (TPSA) is 47.4 Å². The lowest BCUT2D eigenvalue weighted by Crippen LogP contribution is -2.33. The fraction of sp³-hybridized carbons (Fsp3) is 0.429. The van der Waals surface area contributed by atoms with Crippen molar-refractivity contribution >= 4 is 17.0 Å². The van der Waals surface area contributed by atoms with E-state index in [4.69, 9.17) is 4.74 Å². The number of carbonyl (C=O) groups excluding carboxylic acids is 1. The zero-order valence-electron chi connectivity index (χ0n) is 11.2. The molecule has 19 heavy (non-hydrogen) atoms. The Labute approximate surface area is 111 Å². The van der Waals surface area contributed by atoms with E-state index in [1.807, 2.05) is 12.1 Å². The number of benzene rings is 1. The number of hydrogen-bond donors (Lipinski definition) is 0. The Morgan fingerprint density at radius 1 is 1.42 bits per heavy atom. The third-order valence-electron chi connectivity index (χ3n) is 3.70. The van der Waals surface area contributed by atoms with E-state index in [-0.39, 0.29) is 5.97 Å². The molecule has 0 spiro atoms. The number of esters is 1. The highest BCUT2D eigenvalue weighted by Gasteiger charge is 2.19. The average Bonchev–Trinajstić information content (AvgIpc) is 2.82. The minimum Gasteiger partial charge on any atom is -0.465 e. The van der Waals surface area contributed by atoms with Crippen LogP contribution in [0, 0.1) is 0 Å². The highest BCUT2D eigenvalue weighted by molar-refractivity contribution is 5.93. The zero-order valence-corrected chi connectivity index (χ0v) is 11.2. The van der Waals surface area contributed by atoms with Crippen LogP contribution in [-0.2, 0) is 17.8 Å². The number of imidazole rings is 1. The van der Waals surface area contributed by atoms with E-state index in [0.29, 0.717) is 5.56 Å². The van der Waals surface area contributed by atoms with Crippen molar-refractivity contribution in [3.05, 3.63) is 29.6 Å². The minimum absolute atomic E-state index is 0.317. The first-order chi connectivity index (χ1) is 9.22. The maximum atomic E-state index is 11.5. The molecule has 5 heteroatoms. The van der Waals surface area contributed by atoms with Crippen molar-refractivity contribution in [3.63, 3.8) is 0 Å². The quantitative estimate of drug-likeness (QED) is 0.770. The lowest BCUT2D eigenvalue weighted by atomic mass is 10.2. The van der Waals surface area contributed by atoms with Crippen LogP contribution in [0.1, 0.15) is 23.1 Å². The minimum atomic E-state index is -0.317. The van der Waals surface area contributed by atoms with Crippen molar-refractivity contribution in [1.29, 1.82) is 0 Å². The Kier molecular flexibility index (Phi) is 2.98. The van der Waals surface area contributed by atoms with Gasteiger partial charge in [-0.3, -0.25) is 4.90 Å². The summed E-state index contributed by atoms with van der Waals surface area (Å²) in [5.74, 6) is 0.758. The van der Waals surface area contributed by atoms with Gasteiger partial charge in [0.05, 0.1) is 30.3 Å². The van der Waals surface area contributed by atoms with Gasteiger partial charge in [0.2, 0.25) is 0 Å². The van der Waals surface area contributed by atoms with Gasteiger partial charge in [-0.15, -0.1) is 0 Å². The van der Waals surface area contributed by atoms with Gasteiger partial charge in [-0.05, 0) is 24.7 Å². The molecule has 0 unspecified atom stereocenters. The summed E-state index contributed by atoms with van der Waals surface area (Å²) in [6.07, 6.45) is 0. The molecule has 0 fully saturated rings. The molecule has 0 saturated carbocycles. The molecule has 2 heterocycles. The van der Waals surface area contributed by atoms with Crippen LogP contribution in [0.4, 0.5) is 0 Å². The lowest BCUT2D eigenvalue weighted by Gasteiger charge is -2.26. The molecule has 0 N–H and O–H groups in total. The van der Waals surface area contributed by atoms with Crippen LogP contribution in [-0.4, -0.2) is 40.6 Å². The van der Waals surface area contributed by atoms with Crippen LogP contribution in [0.2, 0.25) is 0 Å². The molecular formula is C14H17N3O2. The molecule has 1 aromatic heterocycles. The summed E-state index contributed by atoms with van der Waals surface area (Å²) < 4.78 is 6.98. The van der Waals surface area contributed by atoms with E-state index < -0.39 is 0 Å². The van der Waals surface area contributed by atoms with Crippen molar-refractivity contribution < 1.29 is 9.53 Å². The number of hydrogen-bond acceptors (Lipinski definition) is 4. The van der Waals surface area contributed by atoms with Crippen LogP contribution in [0.5, 0.6) is 0 Å². The van der Waals surface area contributed by atoms with E-state index in [0.717, 1.165) is 43.0 Å². The number of ether oxygens (including phenoxy) is 1. The third kappa shape index (κ3) is 2.00. The molecule has 0 aliphatic carbocycles. The second kappa shape index (κ2) is 4.66. The maximum absolute atomic E-state index is 11.5. The summed E-state index contributed by atoms with van der Waals surface area (Å²) in [7, 11) is 1.39. The van der Waals surface area contributed by atoms with E-state index in [2.05, 4.69) is 21.4 Å². The monoisotopic (exact) mass is 259 g/mol. The molecule has 100 valence electrons. The largest absolute Gasteiger partial charge is 0.465 e. The van der Waals surface area contributed by atoms with Crippen LogP contribution in [0.3, 0.4) is 0 Å². The molecule has 0 atom stereocenters. The Bertz CT molecular complexity index is 633. The number of fused-ring (bicyclic) bond motifs is 3. The molecule has 1 aromatic carbocycles. The van der Waals surface area contributed by atoms with Crippen molar-refractivity contribution in [1.82, 2.24) is 14.5 Å². The number of likely N-dealkylation sites (N-methyl/N-ethyl adjacent to an activating group) is 1. The number of rotatable bonds is 2. The molecule has 3 rings (SSSR count). The summed E-state index contributed by atoms with van der Waals surface area (Å²) in [6.45, 7) is 6.08. The molecule has 0 radical (unpaired) electrons. The van der Waals surface area contributed by atoms with Gasteiger partial charge in [-0.2, -0.15) is 0 Å². The fourth-order valence-electron chi connectivity index (χ4n) is 2.59. The summed E-state index contributed by atoms with van der Waals surface area (Å²) in [5.41, 5.74) is 2.52. The van der Waals surface area contributed by atoms with E-state index >= 15 is 0 Å². The summed E-state index contributed by atoms with van der Waals surface area (Å²) in [6, 6.07) is 5.57. The van der Waals surface area contributed by atoms with Gasteiger partial charge in [-0.1, -0.05) is 6.92 Å². The first kappa shape index (κ1) is 12.2. The third-order valence-corrected chi connectivity index (χ3v) is 3.70. The van der Waals surface area contributed by atoms with Crippen molar-refractivity contribution in [2.24, 2.45) is 0 Å². The van der Waals surface area contributed by atoms with E-state index in [9.17, 15) is 4.79 Å². The predicted octanol–water partition coefficient (Wildman–Crippen LogP) is 1.66. The number of aromatic nitrogens is 2. The van der Waals surface area contributed by atoms with E-state index in [1.165, 1.54) is 7.11 Å². The standard InChI is InChI=1S/C14H17N3O2/c1-3-16-6-7-17-12-5-4-10(14(18)19-2)8-11(12)15-13(17)9-16/h4-5,8H,3,6-7,9H2,1-2H3. The smallest absolute Gasteiger partial charge is 0.337 e. The van der Waals surface area contributed by atoms with Gasteiger partial charge < -0.3 is 9.30 Å². The van der Waals surface area contributed by atoms with Crippen molar-refractivity contribution in [3.8, 4) is 0 Å². The fourth-order valence-corrected chi connectivity index (χ4v) is 2.59. The SMILES string of the molecule is CCN1CCn2c(nc3cc(C(=O)OC)ccc32)C1. The molecule has 1 aliphatic rings. The van der Waals surface area contributed by atoms with Gasteiger partial charge in [0, 0.05) is 13.1 Å². The van der Waals surface area contributed by atoms with Crippen LogP contribution in [0.15, 0.2) is 18.2 Å². The van der Waals surface area contributed by atoms with Gasteiger partial charge in [-0.25, -0.2) is 9.78 Å². The first-order valence-electron chi connectivity index (χ1n) is 6.52. The zero-order chi connectivity index (χ0) is 13.4. The predicted molar refractivity (Wildman–Crippen MR) is 72.0 cm³/mol. The van der Waals surface area contributed by atoms with Crippen molar-refractivity contribution in [2.45, 2.75) is 20.0 Å². The van der Waals surface area contributed by atoms with Gasteiger partial charge in [0.15, 0.2) is 0 Å². The molecule has 0 saturated heterocycles. The Morgan fingerprint density at radius 3 is 3.00 bits per heavy atom. The molecule has 0 amide bonds. The second-order valence-electron chi connectivity index (χ2n) is 4.74. The molecule has 5 nitrogen and oxygen atoms in total. The summed E-state index contributed by atoms with van der Waals surface area (Å²) in [5, 5.41) is 0. The molecule has 0 bridgehead atoms. The first-order valence-corrected chi connectivity index (χ1v) is 6.52. The van der Waals surface area contributed by atoms with Gasteiger partial charge >= 0.3 is 5.97 Å².